The van der Waals surface area contributed by atoms with Crippen LogP contribution in [0.3, 0.4) is 0 Å². The Kier molecular flexibility index (Phi) is 3.16. The molecule has 19 heavy (non-hydrogen) atoms. The van der Waals surface area contributed by atoms with Gasteiger partial charge in [-0.3, -0.25) is 14.1 Å². The van der Waals surface area contributed by atoms with Crippen molar-refractivity contribution in [3.8, 4) is 0 Å². The first kappa shape index (κ1) is 12.1. The van der Waals surface area contributed by atoms with Crippen molar-refractivity contribution in [1.29, 1.82) is 0 Å². The molecule has 1 aliphatic rings. The summed E-state index contributed by atoms with van der Waals surface area (Å²) in [7, 11) is 0. The second kappa shape index (κ2) is 4.97. The minimum Gasteiger partial charge on any atom is -0.481 e. The zero-order valence-corrected chi connectivity index (χ0v) is 10.6. The van der Waals surface area contributed by atoms with Crippen LogP contribution in [0.15, 0.2) is 24.7 Å². The normalized spacial score (nSPS) is 17.9. The fraction of sp³-hybridized carbons (Fsp3) is 0.462. The Bertz CT molecular complexity index is 554. The fourth-order valence-electron chi connectivity index (χ4n) is 2.52. The van der Waals surface area contributed by atoms with E-state index in [0.717, 1.165) is 38.2 Å². The topological polar surface area (TPSA) is 70.7 Å². The van der Waals surface area contributed by atoms with Crippen LogP contribution >= 0.6 is 0 Å². The molecule has 0 unspecified atom stereocenters. The highest BCUT2D eigenvalue weighted by Crippen LogP contribution is 2.18. The van der Waals surface area contributed by atoms with Crippen LogP contribution in [0.4, 0.5) is 0 Å². The molecule has 3 heterocycles. The fourth-order valence-corrected chi connectivity index (χ4v) is 2.52. The minimum atomic E-state index is -0.670. The predicted octanol–water partition coefficient (Wildman–Crippen LogP) is 1.03. The van der Waals surface area contributed by atoms with Crippen LogP contribution < -0.4 is 0 Å². The van der Waals surface area contributed by atoms with E-state index in [9.17, 15) is 4.79 Å². The third-order valence-electron chi connectivity index (χ3n) is 3.61. The van der Waals surface area contributed by atoms with Crippen molar-refractivity contribution in [1.82, 2.24) is 19.3 Å². The van der Waals surface area contributed by atoms with Gasteiger partial charge in [0.2, 0.25) is 5.78 Å². The molecule has 2 aromatic rings. The molecular formula is C13H16N4O2. The Labute approximate surface area is 110 Å². The van der Waals surface area contributed by atoms with E-state index in [-0.39, 0.29) is 5.92 Å². The summed E-state index contributed by atoms with van der Waals surface area (Å²) in [6.45, 7) is 2.40. The maximum atomic E-state index is 10.9. The number of hydrogen-bond donors (Lipinski definition) is 1. The van der Waals surface area contributed by atoms with Crippen LogP contribution in [0.1, 0.15) is 18.5 Å². The Morgan fingerprint density at radius 2 is 2.21 bits per heavy atom. The molecule has 1 saturated heterocycles. The smallest absolute Gasteiger partial charge is 0.306 e. The Morgan fingerprint density at radius 3 is 2.89 bits per heavy atom. The summed E-state index contributed by atoms with van der Waals surface area (Å²) in [6.07, 6.45) is 7.08. The van der Waals surface area contributed by atoms with Crippen molar-refractivity contribution in [3.63, 3.8) is 0 Å². The van der Waals surface area contributed by atoms with Gasteiger partial charge in [-0.15, -0.1) is 0 Å². The molecule has 6 nitrogen and oxygen atoms in total. The summed E-state index contributed by atoms with van der Waals surface area (Å²) >= 11 is 0. The number of hydrogen-bond acceptors (Lipinski definition) is 4. The minimum absolute atomic E-state index is 0.181. The number of carboxylic acids is 1. The van der Waals surface area contributed by atoms with Gasteiger partial charge in [0, 0.05) is 25.1 Å². The Morgan fingerprint density at radius 1 is 1.42 bits per heavy atom. The lowest BCUT2D eigenvalue weighted by atomic mass is 9.97. The van der Waals surface area contributed by atoms with Gasteiger partial charge in [0.1, 0.15) is 0 Å². The average Bonchev–Trinajstić information content (AvgIpc) is 2.81. The molecule has 1 aliphatic heterocycles. The van der Waals surface area contributed by atoms with Crippen LogP contribution in [-0.4, -0.2) is 43.4 Å². The van der Waals surface area contributed by atoms with Crippen molar-refractivity contribution in [3.05, 3.63) is 30.4 Å². The van der Waals surface area contributed by atoms with Crippen LogP contribution in [0, 0.1) is 5.92 Å². The zero-order valence-electron chi connectivity index (χ0n) is 10.6. The SMILES string of the molecule is O=C(O)C1CCN(Cc2cn3cccnc3n2)CC1. The van der Waals surface area contributed by atoms with E-state index < -0.39 is 5.97 Å². The molecular weight excluding hydrogens is 244 g/mol. The van der Waals surface area contributed by atoms with Gasteiger partial charge in [-0.05, 0) is 32.0 Å². The Balaban J connectivity index is 1.64. The van der Waals surface area contributed by atoms with E-state index in [4.69, 9.17) is 5.11 Å². The van der Waals surface area contributed by atoms with Gasteiger partial charge < -0.3 is 5.11 Å². The van der Waals surface area contributed by atoms with E-state index in [2.05, 4.69) is 14.9 Å². The van der Waals surface area contributed by atoms with Gasteiger partial charge in [-0.25, -0.2) is 9.97 Å². The molecule has 2 aromatic heterocycles. The number of rotatable bonds is 3. The number of aliphatic carboxylic acids is 1. The number of nitrogens with zero attached hydrogens (tertiary/aromatic N) is 4. The number of piperidine rings is 1. The molecule has 0 aliphatic carbocycles. The van der Waals surface area contributed by atoms with Crippen molar-refractivity contribution in [2.75, 3.05) is 13.1 Å². The molecule has 0 radical (unpaired) electrons. The number of aromatic nitrogens is 3. The lowest BCUT2D eigenvalue weighted by Crippen LogP contribution is -2.35. The number of carboxylic acid groups (broad SMARTS) is 1. The number of likely N-dealkylation sites (tertiary alicyclic amines) is 1. The van der Waals surface area contributed by atoms with Gasteiger partial charge in [0.05, 0.1) is 11.6 Å². The molecule has 3 rings (SSSR count). The first-order valence-corrected chi connectivity index (χ1v) is 6.46. The lowest BCUT2D eigenvalue weighted by molar-refractivity contribution is -0.143. The highest BCUT2D eigenvalue weighted by atomic mass is 16.4. The molecule has 0 bridgehead atoms. The average molecular weight is 260 g/mol. The maximum Gasteiger partial charge on any atom is 0.306 e. The summed E-state index contributed by atoms with van der Waals surface area (Å²) in [5.74, 6) is -0.145. The van der Waals surface area contributed by atoms with Crippen LogP contribution in [-0.2, 0) is 11.3 Å². The molecule has 1 fully saturated rings. The third-order valence-corrected chi connectivity index (χ3v) is 3.61. The summed E-state index contributed by atoms with van der Waals surface area (Å²) in [5.41, 5.74) is 0.979. The number of imidazole rings is 1. The quantitative estimate of drug-likeness (QED) is 0.892. The molecule has 100 valence electrons. The van der Waals surface area contributed by atoms with Gasteiger partial charge >= 0.3 is 5.97 Å². The van der Waals surface area contributed by atoms with Gasteiger partial charge in [-0.2, -0.15) is 0 Å². The maximum absolute atomic E-state index is 10.9. The summed E-state index contributed by atoms with van der Waals surface area (Å²) in [5, 5.41) is 8.97. The molecule has 0 saturated carbocycles. The predicted molar refractivity (Wildman–Crippen MR) is 68.6 cm³/mol. The second-order valence-electron chi connectivity index (χ2n) is 4.95. The summed E-state index contributed by atoms with van der Waals surface area (Å²) in [6, 6.07) is 1.87. The van der Waals surface area contributed by atoms with E-state index in [1.54, 1.807) is 6.20 Å². The van der Waals surface area contributed by atoms with E-state index >= 15 is 0 Å². The first-order chi connectivity index (χ1) is 9.22. The van der Waals surface area contributed by atoms with Gasteiger partial charge in [0.15, 0.2) is 0 Å². The lowest BCUT2D eigenvalue weighted by Gasteiger charge is -2.29. The largest absolute Gasteiger partial charge is 0.481 e. The van der Waals surface area contributed by atoms with Crippen LogP contribution in [0.5, 0.6) is 0 Å². The highest BCUT2D eigenvalue weighted by Gasteiger charge is 2.24. The number of fused-ring (bicyclic) bond motifs is 1. The third kappa shape index (κ3) is 2.58. The standard InChI is InChI=1S/C13H16N4O2/c18-12(19)10-2-6-16(7-3-10)8-11-9-17-5-1-4-14-13(17)15-11/h1,4-5,9-10H,2-3,6-8H2,(H,18,19). The van der Waals surface area contributed by atoms with Crippen LogP contribution in [0.25, 0.3) is 5.78 Å². The van der Waals surface area contributed by atoms with Crippen molar-refractivity contribution in [2.24, 2.45) is 5.92 Å². The van der Waals surface area contributed by atoms with Crippen molar-refractivity contribution < 1.29 is 9.90 Å². The first-order valence-electron chi connectivity index (χ1n) is 6.46. The molecule has 0 amide bonds. The molecule has 1 N–H and O–H groups in total. The zero-order chi connectivity index (χ0) is 13.2. The number of carbonyl (C=O) groups is 1. The second-order valence-corrected chi connectivity index (χ2v) is 4.95. The van der Waals surface area contributed by atoms with Crippen LogP contribution in [0.2, 0.25) is 0 Å². The van der Waals surface area contributed by atoms with Gasteiger partial charge in [0.25, 0.3) is 0 Å². The van der Waals surface area contributed by atoms with Crippen molar-refractivity contribution in [2.45, 2.75) is 19.4 Å². The van der Waals surface area contributed by atoms with Gasteiger partial charge in [-0.1, -0.05) is 0 Å². The molecule has 0 spiro atoms. The van der Waals surface area contributed by atoms with E-state index in [1.165, 1.54) is 0 Å². The summed E-state index contributed by atoms with van der Waals surface area (Å²) < 4.78 is 1.90. The molecule has 6 heteroatoms. The Hall–Kier alpha value is -1.95. The summed E-state index contributed by atoms with van der Waals surface area (Å²) in [4.78, 5) is 21.8. The van der Waals surface area contributed by atoms with Crippen molar-refractivity contribution >= 4 is 11.7 Å². The molecule has 0 aromatic carbocycles. The monoisotopic (exact) mass is 260 g/mol. The van der Waals surface area contributed by atoms with E-state index in [0.29, 0.717) is 5.78 Å². The van der Waals surface area contributed by atoms with E-state index in [1.807, 2.05) is 22.9 Å². The molecule has 0 atom stereocenters. The highest BCUT2D eigenvalue weighted by molar-refractivity contribution is 5.70.